The normalized spacial score (nSPS) is 9.38. The second-order valence-electron chi connectivity index (χ2n) is 4.49. The van der Waals surface area contributed by atoms with Gasteiger partial charge in [0, 0.05) is 12.8 Å². The van der Waals surface area contributed by atoms with Gasteiger partial charge in [-0.3, -0.25) is 0 Å². The zero-order chi connectivity index (χ0) is 10.1. The van der Waals surface area contributed by atoms with Crippen molar-refractivity contribution in [2.45, 2.75) is 12.8 Å². The first-order valence-corrected chi connectivity index (χ1v) is 5.52. The standard InChI is InChI=1S/C10H25N3.3ClH/c1-12(2)9-5-7-11-8-6-10-13(3)4;;;/h11H,5-10H2,1-4H3;3*1H. The van der Waals surface area contributed by atoms with Crippen LogP contribution in [0.25, 0.3) is 0 Å². The molecule has 0 aromatic carbocycles. The van der Waals surface area contributed by atoms with Crippen molar-refractivity contribution in [3.63, 3.8) is 0 Å². The van der Waals surface area contributed by atoms with Gasteiger partial charge in [0.1, 0.15) is 0 Å². The molecule has 0 aromatic rings. The molecule has 0 amide bonds. The van der Waals surface area contributed by atoms with Gasteiger partial charge in [-0.1, -0.05) is 0 Å². The number of hydrogen-bond acceptors (Lipinski definition) is 0. The first-order chi connectivity index (χ1) is 6.13. The van der Waals surface area contributed by atoms with Gasteiger partial charge in [0.05, 0.1) is 54.4 Å². The lowest BCUT2D eigenvalue weighted by atomic mass is 10.3. The third-order valence-corrected chi connectivity index (χ3v) is 2.17. The molecule has 0 unspecified atom stereocenters. The van der Waals surface area contributed by atoms with E-state index in [0.717, 1.165) is 0 Å². The Morgan fingerprint density at radius 1 is 0.688 bits per heavy atom. The van der Waals surface area contributed by atoms with Gasteiger partial charge >= 0.3 is 0 Å². The van der Waals surface area contributed by atoms with Gasteiger partial charge < -0.3 is 52.3 Å². The highest BCUT2D eigenvalue weighted by atomic mass is 35.5. The van der Waals surface area contributed by atoms with Crippen LogP contribution in [0.4, 0.5) is 0 Å². The van der Waals surface area contributed by atoms with E-state index in [4.69, 9.17) is 0 Å². The Bertz CT molecular complexity index is 101. The topological polar surface area (TPSA) is 25.5 Å². The van der Waals surface area contributed by atoms with Gasteiger partial charge in [0.25, 0.3) is 0 Å². The highest BCUT2D eigenvalue weighted by Gasteiger charge is 1.97. The Balaban J connectivity index is -0.000000240. The van der Waals surface area contributed by atoms with Crippen LogP contribution in [0.2, 0.25) is 0 Å². The van der Waals surface area contributed by atoms with Gasteiger partial charge in [-0.15, -0.1) is 0 Å². The third kappa shape index (κ3) is 24.1. The molecule has 0 saturated carbocycles. The summed E-state index contributed by atoms with van der Waals surface area (Å²) >= 11 is 0. The molecule has 0 rings (SSSR count). The average Bonchev–Trinajstić information content (AvgIpc) is 2.01. The van der Waals surface area contributed by atoms with Crippen LogP contribution in [0.3, 0.4) is 0 Å². The van der Waals surface area contributed by atoms with Crippen LogP contribution in [0.5, 0.6) is 0 Å². The lowest BCUT2D eigenvalue weighted by molar-refractivity contribution is -0.862. The van der Waals surface area contributed by atoms with Gasteiger partial charge in [-0.05, 0) is 0 Å². The lowest BCUT2D eigenvalue weighted by Crippen LogP contribution is -3.06. The maximum absolute atomic E-state index is 2.45. The van der Waals surface area contributed by atoms with Crippen molar-refractivity contribution in [1.82, 2.24) is 0 Å². The van der Waals surface area contributed by atoms with Crippen molar-refractivity contribution in [2.75, 3.05) is 54.4 Å². The molecule has 0 fully saturated rings. The first kappa shape index (κ1) is 25.6. The minimum Gasteiger partial charge on any atom is -1.00 e. The Kier molecular flexibility index (Phi) is 29.0. The van der Waals surface area contributed by atoms with Gasteiger partial charge in [-0.2, -0.15) is 0 Å². The monoisotopic (exact) mass is 295 g/mol. The van der Waals surface area contributed by atoms with Crippen LogP contribution in [0, 0.1) is 0 Å². The predicted molar refractivity (Wildman–Crippen MR) is 56.2 cm³/mol. The zero-order valence-electron chi connectivity index (χ0n) is 11.0. The summed E-state index contributed by atoms with van der Waals surface area (Å²) in [6.45, 7) is 5.20. The summed E-state index contributed by atoms with van der Waals surface area (Å²) in [6.07, 6.45) is 2.69. The van der Waals surface area contributed by atoms with E-state index in [1.807, 2.05) is 0 Å². The minimum absolute atomic E-state index is 0. The maximum Gasteiger partial charge on any atom is 0.0821 e. The largest absolute Gasteiger partial charge is 1.00 e. The second kappa shape index (κ2) is 18.1. The number of hydrogen-bond donors (Lipinski definition) is 3. The molecule has 16 heavy (non-hydrogen) atoms. The molecule has 0 aliphatic carbocycles. The Hall–Kier alpha value is 0.750. The lowest BCUT2D eigenvalue weighted by Gasteiger charge is -2.07. The summed E-state index contributed by atoms with van der Waals surface area (Å²) in [5.74, 6) is 0. The van der Waals surface area contributed by atoms with E-state index in [1.165, 1.54) is 39.0 Å². The molecule has 0 spiro atoms. The fraction of sp³-hybridized carbons (Fsp3) is 1.00. The van der Waals surface area contributed by atoms with Gasteiger partial charge in [0.2, 0.25) is 0 Å². The fourth-order valence-corrected chi connectivity index (χ4v) is 1.34. The highest BCUT2D eigenvalue weighted by molar-refractivity contribution is 4.29. The number of nitrogens with one attached hydrogen (secondary N) is 2. The zero-order valence-corrected chi connectivity index (χ0v) is 13.2. The Labute approximate surface area is 120 Å². The predicted octanol–water partition coefficient (Wildman–Crippen LogP) is -12.4. The smallest absolute Gasteiger partial charge is 0.0821 e. The summed E-state index contributed by atoms with van der Waals surface area (Å²) in [4.78, 5) is 3.12. The molecule has 0 heterocycles. The summed E-state index contributed by atoms with van der Waals surface area (Å²) in [7, 11) is 8.87. The van der Waals surface area contributed by atoms with E-state index in [0.29, 0.717) is 0 Å². The third-order valence-electron chi connectivity index (χ3n) is 2.17. The molecular weight excluding hydrogens is 268 g/mol. The van der Waals surface area contributed by atoms with Crippen LogP contribution < -0.4 is 52.3 Å². The van der Waals surface area contributed by atoms with Crippen molar-refractivity contribution in [3.05, 3.63) is 0 Å². The molecule has 6 heteroatoms. The minimum atomic E-state index is 0. The molecule has 0 aliphatic rings. The summed E-state index contributed by atoms with van der Waals surface area (Å²) in [5, 5.41) is 2.45. The van der Waals surface area contributed by atoms with Crippen molar-refractivity contribution < 1.29 is 52.3 Å². The van der Waals surface area contributed by atoms with E-state index < -0.39 is 0 Å². The van der Waals surface area contributed by atoms with Crippen LogP contribution in [0.15, 0.2) is 0 Å². The summed E-state index contributed by atoms with van der Waals surface area (Å²) in [6, 6.07) is 0. The number of halogens is 3. The van der Waals surface area contributed by atoms with Crippen molar-refractivity contribution in [1.29, 1.82) is 0 Å². The Morgan fingerprint density at radius 2 is 1.00 bits per heavy atom. The molecule has 0 atom stereocenters. The molecule has 0 saturated heterocycles. The highest BCUT2D eigenvalue weighted by Crippen LogP contribution is 1.64. The van der Waals surface area contributed by atoms with E-state index in [9.17, 15) is 0 Å². The molecule has 0 bridgehead atoms. The average molecular weight is 297 g/mol. The first-order valence-electron chi connectivity index (χ1n) is 5.52. The Morgan fingerprint density at radius 3 is 1.25 bits per heavy atom. The molecule has 0 aromatic heterocycles. The van der Waals surface area contributed by atoms with Crippen LogP contribution >= 0.6 is 0 Å². The van der Waals surface area contributed by atoms with Crippen molar-refractivity contribution >= 4 is 0 Å². The summed E-state index contributed by atoms with van der Waals surface area (Å²) < 4.78 is 0. The van der Waals surface area contributed by atoms with E-state index in [2.05, 4.69) is 33.5 Å². The second-order valence-corrected chi connectivity index (χ2v) is 4.49. The van der Waals surface area contributed by atoms with Crippen LogP contribution in [-0.2, 0) is 0 Å². The number of rotatable bonds is 8. The van der Waals surface area contributed by atoms with E-state index >= 15 is 0 Å². The van der Waals surface area contributed by atoms with Crippen LogP contribution in [-0.4, -0.2) is 54.4 Å². The van der Waals surface area contributed by atoms with Crippen molar-refractivity contribution in [3.8, 4) is 0 Å². The molecule has 104 valence electrons. The van der Waals surface area contributed by atoms with Gasteiger partial charge in [-0.25, -0.2) is 0 Å². The van der Waals surface area contributed by atoms with E-state index in [-0.39, 0.29) is 37.2 Å². The SMILES string of the molecule is C[NH+](C)CCC[NH2+]CCC[NH+](C)C.[Cl-].[Cl-].[Cl-]. The quantitative estimate of drug-likeness (QED) is 0.371. The molecule has 0 aliphatic heterocycles. The molecule has 0 radical (unpaired) electrons. The summed E-state index contributed by atoms with van der Waals surface area (Å²) in [5.41, 5.74) is 0. The van der Waals surface area contributed by atoms with Gasteiger partial charge in [0.15, 0.2) is 0 Å². The number of quaternary nitrogens is 3. The van der Waals surface area contributed by atoms with Crippen molar-refractivity contribution in [2.24, 2.45) is 0 Å². The maximum atomic E-state index is 2.45. The van der Waals surface area contributed by atoms with Crippen LogP contribution in [0.1, 0.15) is 12.8 Å². The molecular formula is C10H28Cl3N3. The van der Waals surface area contributed by atoms with E-state index in [1.54, 1.807) is 9.80 Å². The fourth-order valence-electron chi connectivity index (χ4n) is 1.34. The number of nitrogens with two attached hydrogens (primary N) is 1. The molecule has 4 N–H and O–H groups in total. The molecule has 3 nitrogen and oxygen atoms in total.